The number of hydrogen-bond acceptors (Lipinski definition) is 4. The van der Waals surface area contributed by atoms with Gasteiger partial charge in [0.1, 0.15) is 0 Å². The van der Waals surface area contributed by atoms with Crippen molar-refractivity contribution >= 4 is 22.7 Å². The molecule has 0 saturated heterocycles. The van der Waals surface area contributed by atoms with Crippen LogP contribution in [0.25, 0.3) is 16.3 Å². The SMILES string of the molecule is Cc1csc(-c2nnc3ccc(C(F)(F)F)cn23)c1N. The lowest BCUT2D eigenvalue weighted by Gasteiger charge is -2.07. The van der Waals surface area contributed by atoms with Crippen LogP contribution in [-0.2, 0) is 6.18 Å². The Morgan fingerprint density at radius 2 is 2.00 bits per heavy atom. The molecule has 3 aromatic heterocycles. The molecule has 0 radical (unpaired) electrons. The number of aryl methyl sites for hydroxylation is 1. The van der Waals surface area contributed by atoms with Gasteiger partial charge in [0.25, 0.3) is 0 Å². The number of alkyl halides is 3. The first-order valence-corrected chi connectivity index (χ1v) is 6.52. The van der Waals surface area contributed by atoms with Crippen molar-refractivity contribution in [1.82, 2.24) is 14.6 Å². The van der Waals surface area contributed by atoms with E-state index in [4.69, 9.17) is 5.73 Å². The molecule has 0 atom stereocenters. The molecule has 0 spiro atoms. The average molecular weight is 298 g/mol. The van der Waals surface area contributed by atoms with Crippen LogP contribution in [0.4, 0.5) is 18.9 Å². The Labute approximate surface area is 115 Å². The number of aromatic nitrogens is 3. The van der Waals surface area contributed by atoms with E-state index in [9.17, 15) is 13.2 Å². The maximum atomic E-state index is 12.8. The minimum absolute atomic E-state index is 0.321. The van der Waals surface area contributed by atoms with Crippen molar-refractivity contribution in [2.24, 2.45) is 0 Å². The minimum Gasteiger partial charge on any atom is -0.397 e. The molecule has 3 heterocycles. The second-order valence-electron chi connectivity index (χ2n) is 4.33. The molecule has 0 saturated carbocycles. The normalized spacial score (nSPS) is 12.2. The zero-order valence-corrected chi connectivity index (χ0v) is 11.1. The molecule has 0 amide bonds. The van der Waals surface area contributed by atoms with Gasteiger partial charge in [-0.15, -0.1) is 21.5 Å². The third-order valence-corrected chi connectivity index (χ3v) is 4.07. The highest BCUT2D eigenvalue weighted by Gasteiger charge is 2.31. The van der Waals surface area contributed by atoms with Crippen LogP contribution < -0.4 is 5.73 Å². The van der Waals surface area contributed by atoms with E-state index in [-0.39, 0.29) is 0 Å². The zero-order valence-electron chi connectivity index (χ0n) is 10.3. The van der Waals surface area contributed by atoms with Crippen molar-refractivity contribution < 1.29 is 13.2 Å². The van der Waals surface area contributed by atoms with Gasteiger partial charge in [-0.25, -0.2) is 0 Å². The first-order valence-electron chi connectivity index (χ1n) is 5.64. The van der Waals surface area contributed by atoms with Crippen molar-refractivity contribution in [2.45, 2.75) is 13.1 Å². The minimum atomic E-state index is -4.41. The third-order valence-electron chi connectivity index (χ3n) is 2.96. The number of hydrogen-bond donors (Lipinski definition) is 1. The van der Waals surface area contributed by atoms with Gasteiger partial charge in [-0.2, -0.15) is 13.2 Å². The van der Waals surface area contributed by atoms with Crippen LogP contribution in [0, 0.1) is 6.92 Å². The van der Waals surface area contributed by atoms with E-state index in [1.165, 1.54) is 21.8 Å². The topological polar surface area (TPSA) is 56.2 Å². The molecule has 3 rings (SSSR count). The molecule has 20 heavy (non-hydrogen) atoms. The van der Waals surface area contributed by atoms with Gasteiger partial charge in [0.2, 0.25) is 0 Å². The number of nitrogens with zero attached hydrogens (tertiary/aromatic N) is 3. The lowest BCUT2D eigenvalue weighted by Crippen LogP contribution is -2.06. The fourth-order valence-electron chi connectivity index (χ4n) is 1.84. The van der Waals surface area contributed by atoms with E-state index in [0.717, 1.165) is 17.8 Å². The van der Waals surface area contributed by atoms with Crippen molar-refractivity contribution in [3.63, 3.8) is 0 Å². The Morgan fingerprint density at radius 1 is 1.25 bits per heavy atom. The highest BCUT2D eigenvalue weighted by molar-refractivity contribution is 7.14. The monoisotopic (exact) mass is 298 g/mol. The van der Waals surface area contributed by atoms with Gasteiger partial charge < -0.3 is 5.73 Å². The van der Waals surface area contributed by atoms with E-state index in [0.29, 0.717) is 22.0 Å². The van der Waals surface area contributed by atoms with Gasteiger partial charge in [-0.3, -0.25) is 4.40 Å². The summed E-state index contributed by atoms with van der Waals surface area (Å²) in [4.78, 5) is 0.620. The molecule has 0 aliphatic heterocycles. The molecule has 0 aliphatic rings. The number of thiophene rings is 1. The largest absolute Gasteiger partial charge is 0.417 e. The van der Waals surface area contributed by atoms with Gasteiger partial charge in [-0.05, 0) is 30.0 Å². The maximum absolute atomic E-state index is 12.8. The predicted molar refractivity (Wildman–Crippen MR) is 70.5 cm³/mol. The lowest BCUT2D eigenvalue weighted by molar-refractivity contribution is -0.137. The second-order valence-corrected chi connectivity index (χ2v) is 5.21. The Kier molecular flexibility index (Phi) is 2.72. The number of anilines is 1. The summed E-state index contributed by atoms with van der Waals surface area (Å²) in [6.07, 6.45) is -3.42. The van der Waals surface area contributed by atoms with E-state index in [1.807, 2.05) is 12.3 Å². The van der Waals surface area contributed by atoms with Gasteiger partial charge in [0.05, 0.1) is 16.1 Å². The van der Waals surface area contributed by atoms with Crippen LogP contribution in [-0.4, -0.2) is 14.6 Å². The van der Waals surface area contributed by atoms with Gasteiger partial charge in [0.15, 0.2) is 11.5 Å². The molecule has 2 N–H and O–H groups in total. The van der Waals surface area contributed by atoms with E-state index in [1.54, 1.807) is 0 Å². The average Bonchev–Trinajstić information content (AvgIpc) is 2.93. The first kappa shape index (κ1) is 12.9. The molecule has 0 aliphatic carbocycles. The first-order chi connectivity index (χ1) is 9.38. The maximum Gasteiger partial charge on any atom is 0.417 e. The molecule has 0 aromatic carbocycles. The highest BCUT2D eigenvalue weighted by Crippen LogP contribution is 2.35. The van der Waals surface area contributed by atoms with Crippen LogP contribution in [0.5, 0.6) is 0 Å². The van der Waals surface area contributed by atoms with Crippen LogP contribution in [0.2, 0.25) is 0 Å². The summed E-state index contributed by atoms with van der Waals surface area (Å²) in [6, 6.07) is 2.27. The summed E-state index contributed by atoms with van der Waals surface area (Å²) >= 11 is 1.33. The third kappa shape index (κ3) is 1.92. The Bertz CT molecular complexity index is 788. The lowest BCUT2D eigenvalue weighted by atomic mass is 10.2. The van der Waals surface area contributed by atoms with Crippen LogP contribution >= 0.6 is 11.3 Å². The fourth-order valence-corrected chi connectivity index (χ4v) is 2.79. The fraction of sp³-hybridized carbons (Fsp3) is 0.167. The molecule has 104 valence electrons. The van der Waals surface area contributed by atoms with Gasteiger partial charge in [0, 0.05) is 6.20 Å². The van der Waals surface area contributed by atoms with Crippen LogP contribution in [0.15, 0.2) is 23.7 Å². The highest BCUT2D eigenvalue weighted by atomic mass is 32.1. The van der Waals surface area contributed by atoms with Crippen molar-refractivity contribution in [2.75, 3.05) is 5.73 Å². The zero-order chi connectivity index (χ0) is 14.5. The molecule has 0 bridgehead atoms. The van der Waals surface area contributed by atoms with Crippen molar-refractivity contribution in [1.29, 1.82) is 0 Å². The number of fused-ring (bicyclic) bond motifs is 1. The summed E-state index contributed by atoms with van der Waals surface area (Å²) in [5, 5.41) is 9.64. The van der Waals surface area contributed by atoms with Crippen LogP contribution in [0.3, 0.4) is 0 Å². The van der Waals surface area contributed by atoms with Crippen LogP contribution in [0.1, 0.15) is 11.1 Å². The number of rotatable bonds is 1. The summed E-state index contributed by atoms with van der Waals surface area (Å²) in [5.74, 6) is 0.321. The molecule has 8 heteroatoms. The van der Waals surface area contributed by atoms with Crippen molar-refractivity contribution in [3.8, 4) is 10.7 Å². The standard InChI is InChI=1S/C12H9F3N4S/c1-6-5-20-10(9(6)16)11-18-17-8-3-2-7(4-19(8)11)12(13,14)15/h2-5H,16H2,1H3. The molecular formula is C12H9F3N4S. The van der Waals surface area contributed by atoms with Crippen molar-refractivity contribution in [3.05, 3.63) is 34.8 Å². The second kappa shape index (κ2) is 4.20. The summed E-state index contributed by atoms with van der Waals surface area (Å²) < 4.78 is 39.6. The van der Waals surface area contributed by atoms with Gasteiger partial charge in [-0.1, -0.05) is 0 Å². The number of pyridine rings is 1. The molecule has 0 unspecified atom stereocenters. The van der Waals surface area contributed by atoms with E-state index in [2.05, 4.69) is 10.2 Å². The summed E-state index contributed by atoms with van der Waals surface area (Å²) in [5.41, 5.74) is 6.89. The molecule has 0 fully saturated rings. The van der Waals surface area contributed by atoms with E-state index < -0.39 is 11.7 Å². The van der Waals surface area contributed by atoms with E-state index >= 15 is 0 Å². The number of halogens is 3. The summed E-state index contributed by atoms with van der Waals surface area (Å²) in [6.45, 7) is 1.83. The Hall–Kier alpha value is -2.09. The quantitative estimate of drug-likeness (QED) is 0.749. The summed E-state index contributed by atoms with van der Waals surface area (Å²) in [7, 11) is 0. The molecule has 3 aromatic rings. The Morgan fingerprint density at radius 3 is 2.60 bits per heavy atom. The molecule has 4 nitrogen and oxygen atoms in total. The number of nitrogens with two attached hydrogens (primary N) is 1. The number of nitrogen functional groups attached to an aromatic ring is 1. The van der Waals surface area contributed by atoms with Gasteiger partial charge >= 0.3 is 6.18 Å². The smallest absolute Gasteiger partial charge is 0.397 e. The molecular weight excluding hydrogens is 289 g/mol. The predicted octanol–water partition coefficient (Wildman–Crippen LogP) is 3.37. The Balaban J connectivity index is 2.24.